The van der Waals surface area contributed by atoms with E-state index in [4.69, 9.17) is 8.94 Å². The molecule has 1 amide bonds. The van der Waals surface area contributed by atoms with Gasteiger partial charge in [0.05, 0.1) is 6.26 Å². The van der Waals surface area contributed by atoms with E-state index in [1.54, 1.807) is 12.1 Å². The molecular weight excluding hydrogens is 220 g/mol. The van der Waals surface area contributed by atoms with Crippen LogP contribution in [0.5, 0.6) is 0 Å². The average Bonchev–Trinajstić information content (AvgIpc) is 2.94. The third kappa shape index (κ3) is 2.63. The fraction of sp³-hybridized carbons (Fsp3) is 0.167. The zero-order valence-corrected chi connectivity index (χ0v) is 9.40. The van der Waals surface area contributed by atoms with Crippen LogP contribution in [0.2, 0.25) is 0 Å². The highest BCUT2D eigenvalue weighted by molar-refractivity contribution is 5.93. The molecule has 0 aliphatic rings. The number of aromatic nitrogens is 1. The Kier molecular flexibility index (Phi) is 3.09. The lowest BCUT2D eigenvalue weighted by molar-refractivity contribution is 0.0948. The SMILES string of the molecule is C=C(C)CNC(=O)c1cc(-c2ccco2)on1. The average molecular weight is 232 g/mol. The number of nitrogens with one attached hydrogen (secondary N) is 1. The zero-order valence-electron chi connectivity index (χ0n) is 9.40. The van der Waals surface area contributed by atoms with Crippen LogP contribution in [-0.4, -0.2) is 17.6 Å². The maximum atomic E-state index is 11.6. The van der Waals surface area contributed by atoms with Gasteiger partial charge in [-0.2, -0.15) is 0 Å². The number of nitrogens with zero attached hydrogens (tertiary/aromatic N) is 1. The minimum Gasteiger partial charge on any atom is -0.461 e. The van der Waals surface area contributed by atoms with Gasteiger partial charge in [-0.3, -0.25) is 4.79 Å². The van der Waals surface area contributed by atoms with Crippen LogP contribution in [-0.2, 0) is 0 Å². The van der Waals surface area contributed by atoms with E-state index in [2.05, 4.69) is 17.1 Å². The van der Waals surface area contributed by atoms with Gasteiger partial charge in [-0.15, -0.1) is 0 Å². The number of rotatable bonds is 4. The predicted molar refractivity (Wildman–Crippen MR) is 61.4 cm³/mol. The van der Waals surface area contributed by atoms with E-state index < -0.39 is 0 Å². The Balaban J connectivity index is 2.08. The third-order valence-electron chi connectivity index (χ3n) is 2.06. The molecule has 0 spiro atoms. The predicted octanol–water partition coefficient (Wildman–Crippen LogP) is 2.24. The van der Waals surface area contributed by atoms with E-state index in [1.807, 2.05) is 6.92 Å². The van der Waals surface area contributed by atoms with Gasteiger partial charge in [0.1, 0.15) is 0 Å². The van der Waals surface area contributed by atoms with Crippen LogP contribution in [0.4, 0.5) is 0 Å². The Bertz CT molecular complexity index is 526. The van der Waals surface area contributed by atoms with Crippen LogP contribution >= 0.6 is 0 Å². The number of carbonyl (C=O) groups is 1. The van der Waals surface area contributed by atoms with Gasteiger partial charge in [-0.05, 0) is 19.1 Å². The van der Waals surface area contributed by atoms with Crippen molar-refractivity contribution in [3.05, 3.63) is 42.3 Å². The quantitative estimate of drug-likeness (QED) is 0.821. The first kappa shape index (κ1) is 11.2. The molecule has 0 aliphatic carbocycles. The summed E-state index contributed by atoms with van der Waals surface area (Å²) in [5, 5.41) is 6.34. The monoisotopic (exact) mass is 232 g/mol. The summed E-state index contributed by atoms with van der Waals surface area (Å²) in [6, 6.07) is 5.00. The van der Waals surface area contributed by atoms with E-state index >= 15 is 0 Å². The van der Waals surface area contributed by atoms with Gasteiger partial charge in [0.25, 0.3) is 5.91 Å². The summed E-state index contributed by atoms with van der Waals surface area (Å²) in [4.78, 5) is 11.6. The molecule has 2 heterocycles. The minimum atomic E-state index is -0.297. The molecule has 2 rings (SSSR count). The minimum absolute atomic E-state index is 0.220. The lowest BCUT2D eigenvalue weighted by atomic mass is 10.3. The van der Waals surface area contributed by atoms with Crippen molar-refractivity contribution >= 4 is 5.91 Å². The van der Waals surface area contributed by atoms with Crippen molar-refractivity contribution in [1.82, 2.24) is 10.5 Å². The van der Waals surface area contributed by atoms with Crippen molar-refractivity contribution in [2.75, 3.05) is 6.54 Å². The molecule has 5 heteroatoms. The highest BCUT2D eigenvalue weighted by Crippen LogP contribution is 2.20. The fourth-order valence-corrected chi connectivity index (χ4v) is 1.24. The van der Waals surface area contributed by atoms with E-state index in [1.165, 1.54) is 12.3 Å². The first-order chi connectivity index (χ1) is 8.16. The second-order valence-electron chi connectivity index (χ2n) is 3.69. The van der Waals surface area contributed by atoms with Crippen LogP contribution in [0, 0.1) is 0 Å². The van der Waals surface area contributed by atoms with Gasteiger partial charge in [-0.1, -0.05) is 17.3 Å². The lowest BCUT2D eigenvalue weighted by Crippen LogP contribution is -2.25. The van der Waals surface area contributed by atoms with Gasteiger partial charge in [0, 0.05) is 12.6 Å². The second kappa shape index (κ2) is 4.69. The topological polar surface area (TPSA) is 68.3 Å². The van der Waals surface area contributed by atoms with Crippen molar-refractivity contribution in [3.8, 4) is 11.5 Å². The Hall–Kier alpha value is -2.30. The van der Waals surface area contributed by atoms with Crippen LogP contribution in [0.25, 0.3) is 11.5 Å². The molecule has 0 aliphatic heterocycles. The molecule has 0 bridgehead atoms. The number of carbonyl (C=O) groups excluding carboxylic acids is 1. The summed E-state index contributed by atoms with van der Waals surface area (Å²) in [7, 11) is 0. The van der Waals surface area contributed by atoms with Crippen molar-refractivity contribution < 1.29 is 13.7 Å². The van der Waals surface area contributed by atoms with Crippen LogP contribution in [0.15, 0.2) is 45.6 Å². The molecule has 2 aromatic rings. The molecule has 0 aromatic carbocycles. The number of amides is 1. The molecule has 0 radical (unpaired) electrons. The molecule has 0 atom stereocenters. The number of hydrogen-bond donors (Lipinski definition) is 1. The van der Waals surface area contributed by atoms with Crippen molar-refractivity contribution in [1.29, 1.82) is 0 Å². The number of hydrogen-bond acceptors (Lipinski definition) is 4. The molecule has 0 unspecified atom stereocenters. The lowest BCUT2D eigenvalue weighted by Gasteiger charge is -2.00. The molecule has 1 N–H and O–H groups in total. The Morgan fingerprint density at radius 3 is 3.00 bits per heavy atom. The Morgan fingerprint density at radius 2 is 2.35 bits per heavy atom. The van der Waals surface area contributed by atoms with Crippen LogP contribution < -0.4 is 5.32 Å². The Labute approximate surface area is 98.1 Å². The molecule has 88 valence electrons. The molecule has 17 heavy (non-hydrogen) atoms. The summed E-state index contributed by atoms with van der Waals surface area (Å²) in [6.45, 7) is 5.94. The molecular formula is C12H12N2O3. The summed E-state index contributed by atoms with van der Waals surface area (Å²) >= 11 is 0. The molecule has 5 nitrogen and oxygen atoms in total. The van der Waals surface area contributed by atoms with Gasteiger partial charge in [0.15, 0.2) is 11.5 Å². The molecule has 2 aromatic heterocycles. The molecule has 0 fully saturated rings. The molecule has 0 saturated carbocycles. The summed E-state index contributed by atoms with van der Waals surface area (Å²) in [5.74, 6) is 0.668. The maximum absolute atomic E-state index is 11.6. The standard InChI is InChI=1S/C12H12N2O3/c1-8(2)7-13-12(15)9-6-11(17-14-9)10-4-3-5-16-10/h3-6H,1,7H2,2H3,(H,13,15). The van der Waals surface area contributed by atoms with Crippen molar-refractivity contribution in [2.24, 2.45) is 0 Å². The van der Waals surface area contributed by atoms with Crippen molar-refractivity contribution in [3.63, 3.8) is 0 Å². The Morgan fingerprint density at radius 1 is 1.53 bits per heavy atom. The third-order valence-corrected chi connectivity index (χ3v) is 2.06. The maximum Gasteiger partial charge on any atom is 0.273 e. The first-order valence-electron chi connectivity index (χ1n) is 5.10. The van der Waals surface area contributed by atoms with Gasteiger partial charge >= 0.3 is 0 Å². The highest BCUT2D eigenvalue weighted by atomic mass is 16.5. The molecule has 0 saturated heterocycles. The smallest absolute Gasteiger partial charge is 0.273 e. The normalized spacial score (nSPS) is 10.2. The second-order valence-corrected chi connectivity index (χ2v) is 3.69. The zero-order chi connectivity index (χ0) is 12.3. The largest absolute Gasteiger partial charge is 0.461 e. The van der Waals surface area contributed by atoms with Crippen molar-refractivity contribution in [2.45, 2.75) is 6.92 Å². The summed E-state index contributed by atoms with van der Waals surface area (Å²) in [6.07, 6.45) is 1.53. The van der Waals surface area contributed by atoms with Crippen LogP contribution in [0.3, 0.4) is 0 Å². The number of furan rings is 1. The summed E-state index contributed by atoms with van der Waals surface area (Å²) < 4.78 is 10.1. The van der Waals surface area contributed by atoms with Gasteiger partial charge in [-0.25, -0.2) is 0 Å². The first-order valence-corrected chi connectivity index (χ1v) is 5.10. The van der Waals surface area contributed by atoms with Gasteiger partial charge in [0.2, 0.25) is 5.76 Å². The van der Waals surface area contributed by atoms with E-state index in [0.717, 1.165) is 5.57 Å². The van der Waals surface area contributed by atoms with Crippen LogP contribution in [0.1, 0.15) is 17.4 Å². The van der Waals surface area contributed by atoms with E-state index in [9.17, 15) is 4.79 Å². The highest BCUT2D eigenvalue weighted by Gasteiger charge is 2.14. The van der Waals surface area contributed by atoms with E-state index in [-0.39, 0.29) is 11.6 Å². The fourth-order valence-electron chi connectivity index (χ4n) is 1.24. The van der Waals surface area contributed by atoms with E-state index in [0.29, 0.717) is 18.1 Å². The summed E-state index contributed by atoms with van der Waals surface area (Å²) in [5.41, 5.74) is 1.09. The van der Waals surface area contributed by atoms with Gasteiger partial charge < -0.3 is 14.3 Å².